The van der Waals surface area contributed by atoms with E-state index < -0.39 is 24.4 Å². The summed E-state index contributed by atoms with van der Waals surface area (Å²) in [5, 5.41) is 16.7. The zero-order valence-electron chi connectivity index (χ0n) is 15.2. The van der Waals surface area contributed by atoms with Crippen LogP contribution in [0.5, 0.6) is 0 Å². The normalized spacial score (nSPS) is 10.2. The molecule has 0 bridgehead atoms. The van der Waals surface area contributed by atoms with Crippen LogP contribution in [0.25, 0.3) is 0 Å². The molecular formula is C20H17N3O6. The SMILES string of the molecule is O=C(COC(=O)c1cccc[n+]1[O-])Nc1ccccc1C(=O)NCc1ccco1. The predicted molar refractivity (Wildman–Crippen MR) is 101 cm³/mol. The van der Waals surface area contributed by atoms with Crippen LogP contribution in [0.3, 0.4) is 0 Å². The number of anilines is 1. The second-order valence-electron chi connectivity index (χ2n) is 5.84. The van der Waals surface area contributed by atoms with Gasteiger partial charge in [-0.05, 0) is 30.3 Å². The van der Waals surface area contributed by atoms with E-state index in [9.17, 15) is 19.6 Å². The average Bonchev–Trinajstić information content (AvgIpc) is 3.25. The van der Waals surface area contributed by atoms with Crippen LogP contribution in [-0.2, 0) is 16.1 Å². The molecule has 2 amide bonds. The van der Waals surface area contributed by atoms with Crippen LogP contribution in [0.4, 0.5) is 5.69 Å². The lowest BCUT2D eigenvalue weighted by molar-refractivity contribution is -0.608. The molecule has 0 aliphatic carbocycles. The Hall–Kier alpha value is -4.14. The first-order chi connectivity index (χ1) is 14.0. The fourth-order valence-electron chi connectivity index (χ4n) is 2.44. The van der Waals surface area contributed by atoms with E-state index in [0.717, 1.165) is 6.20 Å². The second kappa shape index (κ2) is 9.18. The molecule has 2 N–H and O–H groups in total. The molecule has 3 aromatic rings. The van der Waals surface area contributed by atoms with Gasteiger partial charge in [0.2, 0.25) is 0 Å². The number of furan rings is 1. The van der Waals surface area contributed by atoms with Crippen molar-refractivity contribution in [2.75, 3.05) is 11.9 Å². The van der Waals surface area contributed by atoms with Crippen molar-refractivity contribution in [2.45, 2.75) is 6.54 Å². The van der Waals surface area contributed by atoms with Crippen molar-refractivity contribution in [3.63, 3.8) is 0 Å². The van der Waals surface area contributed by atoms with Gasteiger partial charge in [0.25, 0.3) is 11.8 Å². The Labute approximate surface area is 165 Å². The van der Waals surface area contributed by atoms with Crippen LogP contribution in [-0.4, -0.2) is 24.4 Å². The number of para-hydroxylation sites is 1. The molecule has 0 radical (unpaired) electrons. The lowest BCUT2D eigenvalue weighted by Crippen LogP contribution is -2.35. The molecule has 0 aliphatic rings. The minimum atomic E-state index is -0.930. The van der Waals surface area contributed by atoms with E-state index in [-0.39, 0.29) is 23.5 Å². The van der Waals surface area contributed by atoms with E-state index in [4.69, 9.17) is 9.15 Å². The van der Waals surface area contributed by atoms with Gasteiger partial charge in [0.1, 0.15) is 5.76 Å². The highest BCUT2D eigenvalue weighted by atomic mass is 16.5. The highest BCUT2D eigenvalue weighted by molar-refractivity contribution is 6.04. The molecule has 148 valence electrons. The van der Waals surface area contributed by atoms with Gasteiger partial charge in [0.15, 0.2) is 12.8 Å². The van der Waals surface area contributed by atoms with Gasteiger partial charge in [-0.25, -0.2) is 4.79 Å². The smallest absolute Gasteiger partial charge is 0.405 e. The van der Waals surface area contributed by atoms with E-state index in [1.165, 1.54) is 24.5 Å². The van der Waals surface area contributed by atoms with Crippen molar-refractivity contribution in [3.8, 4) is 0 Å². The van der Waals surface area contributed by atoms with E-state index in [0.29, 0.717) is 10.5 Å². The molecule has 0 saturated heterocycles. The third-order valence-corrected chi connectivity index (χ3v) is 3.82. The second-order valence-corrected chi connectivity index (χ2v) is 5.84. The van der Waals surface area contributed by atoms with Gasteiger partial charge in [-0.15, -0.1) is 0 Å². The van der Waals surface area contributed by atoms with Crippen molar-refractivity contribution in [1.29, 1.82) is 0 Å². The lowest BCUT2D eigenvalue weighted by atomic mass is 10.1. The Bertz CT molecular complexity index is 1020. The van der Waals surface area contributed by atoms with Crippen molar-refractivity contribution in [1.82, 2.24) is 5.32 Å². The molecular weight excluding hydrogens is 378 g/mol. The van der Waals surface area contributed by atoms with Crippen molar-refractivity contribution >= 4 is 23.5 Å². The number of carbonyl (C=O) groups excluding carboxylic acids is 3. The Morgan fingerprint density at radius 3 is 2.59 bits per heavy atom. The number of pyridine rings is 1. The molecule has 0 spiro atoms. The van der Waals surface area contributed by atoms with Gasteiger partial charge >= 0.3 is 11.7 Å². The molecule has 2 heterocycles. The van der Waals surface area contributed by atoms with Crippen LogP contribution < -0.4 is 15.4 Å². The summed E-state index contributed by atoms with van der Waals surface area (Å²) in [4.78, 5) is 36.4. The fourth-order valence-corrected chi connectivity index (χ4v) is 2.44. The Morgan fingerprint density at radius 2 is 1.83 bits per heavy atom. The van der Waals surface area contributed by atoms with Crippen molar-refractivity contribution in [3.05, 3.63) is 89.3 Å². The highest BCUT2D eigenvalue weighted by Crippen LogP contribution is 2.15. The number of nitrogens with zero attached hydrogens (tertiary/aromatic N) is 1. The number of carbonyl (C=O) groups is 3. The standard InChI is InChI=1S/C20H17N3O6/c24-18(13-29-20(26)17-9-3-4-10-23(17)27)22-16-8-2-1-7-15(16)19(25)21-12-14-6-5-11-28-14/h1-11H,12-13H2,(H,21,25)(H,22,24). The summed E-state index contributed by atoms with van der Waals surface area (Å²) in [5.41, 5.74) is 0.251. The maximum atomic E-state index is 12.4. The number of ether oxygens (including phenoxy) is 1. The molecule has 0 aliphatic heterocycles. The maximum Gasteiger partial charge on any atom is 0.405 e. The van der Waals surface area contributed by atoms with E-state index >= 15 is 0 Å². The minimum absolute atomic E-state index is 0.192. The minimum Gasteiger partial charge on any atom is -0.618 e. The number of benzene rings is 1. The zero-order chi connectivity index (χ0) is 20.6. The Morgan fingerprint density at radius 1 is 1.03 bits per heavy atom. The van der Waals surface area contributed by atoms with Crippen LogP contribution in [0.1, 0.15) is 26.6 Å². The monoisotopic (exact) mass is 395 g/mol. The van der Waals surface area contributed by atoms with Crippen molar-refractivity contribution in [2.24, 2.45) is 0 Å². The molecule has 2 aromatic heterocycles. The molecule has 0 saturated carbocycles. The fraction of sp³-hybridized carbons (Fsp3) is 0.100. The summed E-state index contributed by atoms with van der Waals surface area (Å²) >= 11 is 0. The Kier molecular flexibility index (Phi) is 6.21. The summed E-state index contributed by atoms with van der Waals surface area (Å²) in [6.07, 6.45) is 2.65. The number of hydrogen-bond donors (Lipinski definition) is 2. The number of rotatable bonds is 7. The molecule has 29 heavy (non-hydrogen) atoms. The van der Waals surface area contributed by atoms with Crippen LogP contribution >= 0.6 is 0 Å². The number of amides is 2. The van der Waals surface area contributed by atoms with Crippen LogP contribution in [0.2, 0.25) is 0 Å². The van der Waals surface area contributed by atoms with E-state index in [1.54, 1.807) is 36.4 Å². The molecule has 9 heteroatoms. The molecule has 9 nitrogen and oxygen atoms in total. The molecule has 1 aromatic carbocycles. The first kappa shape index (κ1) is 19.6. The highest BCUT2D eigenvalue weighted by Gasteiger charge is 2.19. The topological polar surface area (TPSA) is 125 Å². The number of aromatic nitrogens is 1. The number of nitrogens with one attached hydrogen (secondary N) is 2. The third kappa shape index (κ3) is 5.19. The zero-order valence-corrected chi connectivity index (χ0v) is 15.2. The van der Waals surface area contributed by atoms with Crippen molar-refractivity contribution < 1.29 is 28.3 Å². The summed E-state index contributed by atoms with van der Waals surface area (Å²) in [5.74, 6) is -1.41. The summed E-state index contributed by atoms with van der Waals surface area (Å²) in [7, 11) is 0. The molecule has 3 rings (SSSR count). The lowest BCUT2D eigenvalue weighted by Gasteiger charge is -2.11. The number of esters is 1. The van der Waals surface area contributed by atoms with Gasteiger partial charge in [0, 0.05) is 12.1 Å². The van der Waals surface area contributed by atoms with Gasteiger partial charge < -0.3 is 25.0 Å². The quantitative estimate of drug-likeness (QED) is 0.356. The summed E-state index contributed by atoms with van der Waals surface area (Å²) < 4.78 is 10.4. The van der Waals surface area contributed by atoms with Crippen LogP contribution in [0.15, 0.2) is 71.5 Å². The number of hydrogen-bond acceptors (Lipinski definition) is 6. The van der Waals surface area contributed by atoms with E-state index in [1.807, 2.05) is 0 Å². The molecule has 0 atom stereocenters. The van der Waals surface area contributed by atoms with E-state index in [2.05, 4.69) is 10.6 Å². The first-order valence-electron chi connectivity index (χ1n) is 8.59. The van der Waals surface area contributed by atoms with Gasteiger partial charge in [-0.1, -0.05) is 12.1 Å². The molecule has 0 unspecified atom stereocenters. The molecule has 0 fully saturated rings. The first-order valence-corrected chi connectivity index (χ1v) is 8.59. The summed E-state index contributed by atoms with van der Waals surface area (Å²) in [6.45, 7) is -0.423. The predicted octanol–water partition coefficient (Wildman–Crippen LogP) is 1.64. The Balaban J connectivity index is 1.58. The van der Waals surface area contributed by atoms with Crippen LogP contribution in [0, 0.1) is 5.21 Å². The third-order valence-electron chi connectivity index (χ3n) is 3.82. The summed E-state index contributed by atoms with van der Waals surface area (Å²) in [6, 6.07) is 14.1. The van der Waals surface area contributed by atoms with Gasteiger partial charge in [0.05, 0.1) is 24.1 Å². The van der Waals surface area contributed by atoms with Gasteiger partial charge in [-0.2, -0.15) is 4.73 Å². The van der Waals surface area contributed by atoms with Gasteiger partial charge in [-0.3, -0.25) is 9.59 Å². The average molecular weight is 395 g/mol. The largest absolute Gasteiger partial charge is 0.618 e. The maximum absolute atomic E-state index is 12.4.